The maximum atomic E-state index is 12.8. The predicted octanol–water partition coefficient (Wildman–Crippen LogP) is 17.0. The van der Waals surface area contributed by atoms with Crippen molar-refractivity contribution in [3.05, 3.63) is 72.9 Å². The first kappa shape index (κ1) is 58.9. The summed E-state index contributed by atoms with van der Waals surface area (Å²) in [5.41, 5.74) is 0. The Balaban J connectivity index is 4.53. The lowest BCUT2D eigenvalue weighted by molar-refractivity contribution is -0.166. The molecule has 6 heteroatoms. The van der Waals surface area contributed by atoms with E-state index in [0.29, 0.717) is 12.8 Å². The summed E-state index contributed by atoms with van der Waals surface area (Å²) >= 11 is 0. The fourth-order valence-electron chi connectivity index (χ4n) is 6.98. The number of hydrogen-bond donors (Lipinski definition) is 0. The van der Waals surface area contributed by atoms with Gasteiger partial charge in [0.25, 0.3) is 0 Å². The van der Waals surface area contributed by atoms with E-state index in [9.17, 15) is 14.4 Å². The van der Waals surface area contributed by atoms with Crippen LogP contribution in [0, 0.1) is 0 Å². The molecule has 0 radical (unpaired) electrons. The molecule has 0 amide bonds. The molecule has 0 rings (SSSR count). The molecule has 0 spiro atoms. The van der Waals surface area contributed by atoms with Crippen molar-refractivity contribution in [1.29, 1.82) is 0 Å². The Morgan fingerprint density at radius 1 is 0.323 bits per heavy atom. The summed E-state index contributed by atoms with van der Waals surface area (Å²) in [6.07, 6.45) is 63.3. The summed E-state index contributed by atoms with van der Waals surface area (Å²) in [5, 5.41) is 0. The molecule has 0 N–H and O–H groups in total. The molecule has 0 aromatic rings. The van der Waals surface area contributed by atoms with Gasteiger partial charge < -0.3 is 14.2 Å². The van der Waals surface area contributed by atoms with Crippen LogP contribution < -0.4 is 0 Å². The number of carbonyl (C=O) groups excluding carboxylic acids is 3. The molecular weight excluding hydrogens is 769 g/mol. The first-order chi connectivity index (χ1) is 30.5. The number of rotatable bonds is 46. The Labute approximate surface area is 382 Å². The lowest BCUT2D eigenvalue weighted by atomic mass is 10.1. The van der Waals surface area contributed by atoms with Gasteiger partial charge >= 0.3 is 17.9 Å². The molecule has 0 aliphatic heterocycles. The topological polar surface area (TPSA) is 78.9 Å². The van der Waals surface area contributed by atoms with Crippen molar-refractivity contribution < 1.29 is 28.6 Å². The van der Waals surface area contributed by atoms with Crippen LogP contribution in [0.4, 0.5) is 0 Å². The van der Waals surface area contributed by atoms with Crippen molar-refractivity contribution in [2.24, 2.45) is 0 Å². The number of hydrogen-bond acceptors (Lipinski definition) is 6. The standard InChI is InChI=1S/C56H96O6/c1-4-7-10-13-16-19-22-25-27-28-29-32-34-37-40-43-46-49-55(58)61-52-53(51-60-54(57)48-45-42-39-36-33-30-24-21-18-15-12-9-6-3)62-56(59)50-47-44-41-38-35-31-26-23-20-17-14-11-8-5-2/h25,27,29-33,35,37,39-40,42,53H,4-24,26,28,34,36,38,41,43-52H2,1-3H3/b27-25+,32-29+,33-30+,35-31+,40-37+,42-39+. The summed E-state index contributed by atoms with van der Waals surface area (Å²) < 4.78 is 16.7. The number of unbranched alkanes of at least 4 members (excludes halogenated alkanes) is 23. The molecule has 0 heterocycles. The zero-order valence-electron chi connectivity index (χ0n) is 40.6. The largest absolute Gasteiger partial charge is 0.462 e. The maximum absolute atomic E-state index is 12.8. The molecule has 0 saturated heterocycles. The highest BCUT2D eigenvalue weighted by Gasteiger charge is 2.19. The highest BCUT2D eigenvalue weighted by Crippen LogP contribution is 2.12. The van der Waals surface area contributed by atoms with Gasteiger partial charge in [0.1, 0.15) is 13.2 Å². The van der Waals surface area contributed by atoms with E-state index < -0.39 is 6.10 Å². The normalized spacial score (nSPS) is 12.6. The first-order valence-electron chi connectivity index (χ1n) is 25.9. The molecule has 62 heavy (non-hydrogen) atoms. The Bertz CT molecular complexity index is 1180. The van der Waals surface area contributed by atoms with E-state index in [-0.39, 0.29) is 50.4 Å². The Kier molecular flexibility index (Phi) is 47.9. The van der Waals surface area contributed by atoms with Crippen LogP contribution in [-0.2, 0) is 28.6 Å². The molecule has 0 aliphatic rings. The van der Waals surface area contributed by atoms with E-state index in [0.717, 1.165) is 64.2 Å². The molecule has 0 bridgehead atoms. The lowest BCUT2D eigenvalue weighted by Gasteiger charge is -2.18. The van der Waals surface area contributed by atoms with Gasteiger partial charge in [-0.2, -0.15) is 0 Å². The first-order valence-corrected chi connectivity index (χ1v) is 25.9. The molecule has 0 fully saturated rings. The molecular formula is C56H96O6. The van der Waals surface area contributed by atoms with Gasteiger partial charge in [-0.1, -0.05) is 203 Å². The monoisotopic (exact) mass is 865 g/mol. The molecule has 1 atom stereocenters. The van der Waals surface area contributed by atoms with Crippen molar-refractivity contribution >= 4 is 17.9 Å². The van der Waals surface area contributed by atoms with E-state index >= 15 is 0 Å². The van der Waals surface area contributed by atoms with Crippen LogP contribution in [0.15, 0.2) is 72.9 Å². The summed E-state index contributed by atoms with van der Waals surface area (Å²) in [6.45, 7) is 6.51. The molecule has 1 unspecified atom stereocenters. The minimum absolute atomic E-state index is 0.125. The highest BCUT2D eigenvalue weighted by molar-refractivity contribution is 5.71. The molecule has 0 aromatic heterocycles. The highest BCUT2D eigenvalue weighted by atomic mass is 16.6. The van der Waals surface area contributed by atoms with Gasteiger partial charge in [-0.25, -0.2) is 0 Å². The average Bonchev–Trinajstić information content (AvgIpc) is 3.27. The van der Waals surface area contributed by atoms with Crippen LogP contribution in [0.2, 0.25) is 0 Å². The zero-order valence-corrected chi connectivity index (χ0v) is 40.6. The second kappa shape index (κ2) is 50.5. The average molecular weight is 865 g/mol. The van der Waals surface area contributed by atoms with Crippen molar-refractivity contribution in [1.82, 2.24) is 0 Å². The summed E-state index contributed by atoms with van der Waals surface area (Å²) in [4.78, 5) is 37.9. The fraction of sp³-hybridized carbons (Fsp3) is 0.732. The van der Waals surface area contributed by atoms with E-state index in [1.54, 1.807) is 0 Å². The van der Waals surface area contributed by atoms with Gasteiger partial charge in [0.05, 0.1) is 0 Å². The molecule has 0 saturated carbocycles. The van der Waals surface area contributed by atoms with Crippen molar-refractivity contribution in [3.8, 4) is 0 Å². The van der Waals surface area contributed by atoms with Gasteiger partial charge in [-0.05, 0) is 96.3 Å². The Hall–Kier alpha value is -3.15. The summed E-state index contributed by atoms with van der Waals surface area (Å²) in [6, 6.07) is 0. The van der Waals surface area contributed by atoms with Crippen LogP contribution in [0.3, 0.4) is 0 Å². The van der Waals surface area contributed by atoms with Crippen molar-refractivity contribution in [2.45, 2.75) is 252 Å². The summed E-state index contributed by atoms with van der Waals surface area (Å²) in [5.74, 6) is -1.06. The van der Waals surface area contributed by atoms with Crippen molar-refractivity contribution in [2.75, 3.05) is 13.2 Å². The Morgan fingerprint density at radius 3 is 1.06 bits per heavy atom. The minimum atomic E-state index is -0.825. The molecule has 6 nitrogen and oxygen atoms in total. The third-order valence-electron chi connectivity index (χ3n) is 10.9. The molecule has 0 aliphatic carbocycles. The lowest BCUT2D eigenvalue weighted by Crippen LogP contribution is -2.30. The van der Waals surface area contributed by atoms with Crippen LogP contribution in [0.25, 0.3) is 0 Å². The quantitative estimate of drug-likeness (QED) is 0.0262. The molecule has 0 aromatic carbocycles. The second-order valence-corrected chi connectivity index (χ2v) is 17.1. The van der Waals surface area contributed by atoms with E-state index in [4.69, 9.17) is 14.2 Å². The van der Waals surface area contributed by atoms with Gasteiger partial charge in [0.15, 0.2) is 6.10 Å². The van der Waals surface area contributed by atoms with Crippen molar-refractivity contribution in [3.63, 3.8) is 0 Å². The van der Waals surface area contributed by atoms with Gasteiger partial charge in [-0.15, -0.1) is 0 Å². The van der Waals surface area contributed by atoms with E-state index in [2.05, 4.69) is 87.6 Å². The fourth-order valence-corrected chi connectivity index (χ4v) is 6.98. The van der Waals surface area contributed by atoms with Gasteiger partial charge in [0, 0.05) is 19.3 Å². The number of carbonyl (C=O) groups is 3. The third kappa shape index (κ3) is 47.9. The zero-order chi connectivity index (χ0) is 45.1. The minimum Gasteiger partial charge on any atom is -0.462 e. The number of esters is 3. The van der Waals surface area contributed by atoms with Gasteiger partial charge in [0.2, 0.25) is 0 Å². The summed E-state index contributed by atoms with van der Waals surface area (Å²) in [7, 11) is 0. The second-order valence-electron chi connectivity index (χ2n) is 17.1. The predicted molar refractivity (Wildman–Crippen MR) is 265 cm³/mol. The van der Waals surface area contributed by atoms with E-state index in [1.807, 2.05) is 6.08 Å². The van der Waals surface area contributed by atoms with Crippen LogP contribution >= 0.6 is 0 Å². The van der Waals surface area contributed by atoms with Gasteiger partial charge in [-0.3, -0.25) is 14.4 Å². The van der Waals surface area contributed by atoms with Crippen LogP contribution in [-0.4, -0.2) is 37.2 Å². The molecule has 356 valence electrons. The van der Waals surface area contributed by atoms with Crippen LogP contribution in [0.5, 0.6) is 0 Å². The number of ether oxygens (including phenoxy) is 3. The maximum Gasteiger partial charge on any atom is 0.306 e. The number of allylic oxidation sites excluding steroid dienone is 12. The van der Waals surface area contributed by atoms with E-state index in [1.165, 1.54) is 128 Å². The Morgan fingerprint density at radius 2 is 0.629 bits per heavy atom. The van der Waals surface area contributed by atoms with Crippen LogP contribution in [0.1, 0.15) is 245 Å². The SMILES string of the molecule is CCCCCCCC/C=C/C/C=C/C/C=C/CCCC(=O)OCC(COC(=O)CC/C=C/C/C=C/CCCCCCCC)OC(=O)CCCCC/C=C/CCCCCCCCC. The smallest absolute Gasteiger partial charge is 0.306 e. The third-order valence-corrected chi connectivity index (χ3v) is 10.9.